The number of carboxylic acids is 1. The van der Waals surface area contributed by atoms with E-state index in [2.05, 4.69) is 10.3 Å². The maximum absolute atomic E-state index is 12.9. The summed E-state index contributed by atoms with van der Waals surface area (Å²) in [6.45, 7) is 3.24. The number of rotatable bonds is 6. The van der Waals surface area contributed by atoms with Gasteiger partial charge in [0.2, 0.25) is 5.91 Å². The highest BCUT2D eigenvalue weighted by molar-refractivity contribution is 8.04. The summed E-state index contributed by atoms with van der Waals surface area (Å²) in [5, 5.41) is 23.4. The first kappa shape index (κ1) is 24.2. The first-order chi connectivity index (χ1) is 15.9. The lowest BCUT2D eigenvalue weighted by Gasteiger charge is -2.46. The summed E-state index contributed by atoms with van der Waals surface area (Å²) < 4.78 is 39.0. The van der Waals surface area contributed by atoms with Gasteiger partial charge in [-0.15, -0.1) is 11.3 Å². The van der Waals surface area contributed by atoms with E-state index in [9.17, 15) is 37.8 Å². The maximum atomic E-state index is 12.9. The van der Waals surface area contributed by atoms with Crippen molar-refractivity contribution in [3.63, 3.8) is 0 Å². The van der Waals surface area contributed by atoms with Crippen LogP contribution in [0, 0.1) is 11.8 Å². The number of thiazole rings is 1. The van der Waals surface area contributed by atoms with Gasteiger partial charge >= 0.3 is 12.1 Å². The first-order valence-corrected chi connectivity index (χ1v) is 11.7. The zero-order valence-corrected chi connectivity index (χ0v) is 19.3. The van der Waals surface area contributed by atoms with Crippen LogP contribution in [-0.4, -0.2) is 50.0 Å². The van der Waals surface area contributed by atoms with Gasteiger partial charge in [-0.3, -0.25) is 9.59 Å². The number of anilines is 1. The minimum absolute atomic E-state index is 0.0469. The molecule has 1 aromatic carbocycles. The molecule has 34 heavy (non-hydrogen) atoms. The quantitative estimate of drug-likeness (QED) is 0.505. The Hall–Kier alpha value is -2.90. The third-order valence-electron chi connectivity index (χ3n) is 5.67. The number of carbonyl (C=O) groups excluding carboxylic acids is 2. The molecular weight excluding hydrogens is 495 g/mol. The fourth-order valence-corrected chi connectivity index (χ4v) is 6.20. The molecule has 0 unspecified atom stereocenters. The number of β-lactam (4-membered cyclic amide) rings is 1. The van der Waals surface area contributed by atoms with Crippen molar-refractivity contribution in [2.45, 2.75) is 36.5 Å². The van der Waals surface area contributed by atoms with Crippen molar-refractivity contribution >= 4 is 46.6 Å². The Labute approximate surface area is 199 Å². The molecular formula is C21H18F3N3O5S2. The van der Waals surface area contributed by atoms with Gasteiger partial charge in [-0.2, -0.15) is 13.2 Å². The predicted octanol–water partition coefficient (Wildman–Crippen LogP) is 3.66. The van der Waals surface area contributed by atoms with Crippen molar-refractivity contribution < 1.29 is 37.8 Å². The van der Waals surface area contributed by atoms with Gasteiger partial charge in [0.05, 0.1) is 23.6 Å². The molecule has 180 valence electrons. The minimum Gasteiger partial charge on any atom is -0.477 e. The van der Waals surface area contributed by atoms with Gasteiger partial charge in [-0.05, 0) is 25.1 Å². The number of alkyl halides is 3. The highest BCUT2D eigenvalue weighted by Crippen LogP contribution is 2.52. The monoisotopic (exact) mass is 513 g/mol. The van der Waals surface area contributed by atoms with Crippen molar-refractivity contribution in [1.82, 2.24) is 9.88 Å². The molecule has 13 heteroatoms. The van der Waals surface area contributed by atoms with Crippen molar-refractivity contribution in [1.29, 1.82) is 0 Å². The van der Waals surface area contributed by atoms with Crippen molar-refractivity contribution in [2.75, 3.05) is 5.32 Å². The SMILES string of the molecule is C[C@@H](O)[C@H]1C(=O)N2C(C(=O)O)=C(Sc3nc(C(=O)Nc4cccc(C(F)(F)F)c4)cs3)[C@H](C)[C@H]12. The highest BCUT2D eigenvalue weighted by Gasteiger charge is 2.60. The molecule has 1 aromatic heterocycles. The molecule has 4 atom stereocenters. The summed E-state index contributed by atoms with van der Waals surface area (Å²) in [4.78, 5) is 42.5. The number of aromatic nitrogens is 1. The van der Waals surface area contributed by atoms with Crippen molar-refractivity contribution in [3.05, 3.63) is 51.5 Å². The zero-order chi connectivity index (χ0) is 24.9. The van der Waals surface area contributed by atoms with Crippen LogP contribution in [0.1, 0.15) is 29.9 Å². The normalized spacial score (nSPS) is 22.9. The van der Waals surface area contributed by atoms with Gasteiger partial charge in [-0.25, -0.2) is 9.78 Å². The number of halogens is 3. The molecule has 1 saturated heterocycles. The van der Waals surface area contributed by atoms with E-state index in [0.29, 0.717) is 9.24 Å². The minimum atomic E-state index is -4.55. The smallest absolute Gasteiger partial charge is 0.416 e. The summed E-state index contributed by atoms with van der Waals surface area (Å²) >= 11 is 2.07. The van der Waals surface area contributed by atoms with Crippen LogP contribution in [-0.2, 0) is 15.8 Å². The number of amides is 2. The predicted molar refractivity (Wildman–Crippen MR) is 117 cm³/mol. The molecule has 8 nitrogen and oxygen atoms in total. The number of aliphatic carboxylic acids is 1. The molecule has 3 heterocycles. The van der Waals surface area contributed by atoms with Gasteiger partial charge in [0.15, 0.2) is 4.34 Å². The average Bonchev–Trinajstić information content (AvgIpc) is 3.30. The summed E-state index contributed by atoms with van der Waals surface area (Å²) in [6, 6.07) is 3.71. The fourth-order valence-electron chi connectivity index (χ4n) is 4.13. The lowest BCUT2D eigenvalue weighted by Crippen LogP contribution is -2.63. The molecule has 0 bridgehead atoms. The number of aliphatic hydroxyl groups is 1. The lowest BCUT2D eigenvalue weighted by atomic mass is 9.79. The highest BCUT2D eigenvalue weighted by atomic mass is 32.2. The van der Waals surface area contributed by atoms with E-state index in [1.807, 2.05) is 0 Å². The van der Waals surface area contributed by atoms with E-state index in [4.69, 9.17) is 0 Å². The summed E-state index contributed by atoms with van der Waals surface area (Å²) in [5.74, 6) is -3.54. The number of nitrogens with one attached hydrogen (secondary N) is 1. The Kier molecular flexibility index (Phi) is 6.21. The van der Waals surface area contributed by atoms with Crippen LogP contribution in [0.4, 0.5) is 18.9 Å². The van der Waals surface area contributed by atoms with Crippen LogP contribution >= 0.6 is 23.1 Å². The molecule has 2 aliphatic rings. The van der Waals surface area contributed by atoms with E-state index in [1.54, 1.807) is 6.92 Å². The molecule has 3 N–H and O–H groups in total. The number of thioether (sulfide) groups is 1. The number of hydrogen-bond donors (Lipinski definition) is 3. The van der Waals surface area contributed by atoms with Gasteiger partial charge in [-0.1, -0.05) is 24.8 Å². The molecule has 2 aliphatic heterocycles. The Morgan fingerprint density at radius 2 is 2.03 bits per heavy atom. The molecule has 0 saturated carbocycles. The second kappa shape index (κ2) is 8.71. The number of nitrogens with zero attached hydrogens (tertiary/aromatic N) is 2. The standard InChI is InChI=1S/C21H18F3N3O5S2/c1-8-14-13(9(2)28)18(30)27(14)15(19(31)32)16(8)34-20-26-12(7-33-20)17(29)25-11-5-3-4-10(6-11)21(22,23)24/h3-9,13-14,28H,1-2H3,(H,25,29)(H,31,32)/t8-,9-,13-,14-/m1/s1. The van der Waals surface area contributed by atoms with Crippen LogP contribution in [0.2, 0.25) is 0 Å². The van der Waals surface area contributed by atoms with E-state index in [-0.39, 0.29) is 23.0 Å². The lowest BCUT2D eigenvalue weighted by molar-refractivity contribution is -0.163. The van der Waals surface area contributed by atoms with Crippen LogP contribution in [0.25, 0.3) is 0 Å². The van der Waals surface area contributed by atoms with Crippen LogP contribution < -0.4 is 5.32 Å². The van der Waals surface area contributed by atoms with Crippen molar-refractivity contribution in [2.24, 2.45) is 11.8 Å². The van der Waals surface area contributed by atoms with Crippen LogP contribution in [0.3, 0.4) is 0 Å². The Bertz CT molecular complexity index is 1210. The Balaban J connectivity index is 1.52. The van der Waals surface area contributed by atoms with E-state index >= 15 is 0 Å². The maximum Gasteiger partial charge on any atom is 0.416 e. The molecule has 1 fully saturated rings. The van der Waals surface area contributed by atoms with Crippen LogP contribution in [0.5, 0.6) is 0 Å². The molecule has 4 rings (SSSR count). The summed E-state index contributed by atoms with van der Waals surface area (Å²) in [5.41, 5.74) is -1.17. The molecule has 0 spiro atoms. The second-order valence-corrected chi connectivity index (χ2v) is 10.1. The van der Waals surface area contributed by atoms with Crippen LogP contribution in [0.15, 0.2) is 44.6 Å². The number of fused-ring (bicyclic) bond motifs is 1. The third kappa shape index (κ3) is 4.18. The largest absolute Gasteiger partial charge is 0.477 e. The molecule has 0 radical (unpaired) electrons. The first-order valence-electron chi connectivity index (χ1n) is 10.0. The second-order valence-electron chi connectivity index (χ2n) is 7.91. The number of hydrogen-bond acceptors (Lipinski definition) is 7. The molecule has 0 aliphatic carbocycles. The summed E-state index contributed by atoms with van der Waals surface area (Å²) in [6.07, 6.45) is -5.48. The van der Waals surface area contributed by atoms with E-state index in [1.165, 1.54) is 29.3 Å². The number of carboxylic acid groups (broad SMARTS) is 1. The van der Waals surface area contributed by atoms with Gasteiger partial charge in [0.25, 0.3) is 5.91 Å². The summed E-state index contributed by atoms with van der Waals surface area (Å²) in [7, 11) is 0. The topological polar surface area (TPSA) is 120 Å². The Morgan fingerprint density at radius 3 is 2.65 bits per heavy atom. The van der Waals surface area contributed by atoms with Gasteiger partial charge in [0.1, 0.15) is 11.4 Å². The van der Waals surface area contributed by atoms with E-state index < -0.39 is 47.6 Å². The fraction of sp³-hybridized carbons (Fsp3) is 0.333. The number of aliphatic hydroxyl groups excluding tert-OH is 1. The number of benzene rings is 1. The Morgan fingerprint density at radius 1 is 1.32 bits per heavy atom. The number of carbonyl (C=O) groups is 3. The van der Waals surface area contributed by atoms with Gasteiger partial charge in [0, 0.05) is 21.9 Å². The van der Waals surface area contributed by atoms with Gasteiger partial charge < -0.3 is 20.4 Å². The molecule has 2 amide bonds. The zero-order valence-electron chi connectivity index (χ0n) is 17.7. The van der Waals surface area contributed by atoms with E-state index in [0.717, 1.165) is 35.2 Å². The third-order valence-corrected chi connectivity index (χ3v) is 7.90. The molecule has 2 aromatic rings. The van der Waals surface area contributed by atoms with Crippen molar-refractivity contribution in [3.8, 4) is 0 Å². The average molecular weight is 514 g/mol.